The summed E-state index contributed by atoms with van der Waals surface area (Å²) in [4.78, 5) is 11.1. The van der Waals surface area contributed by atoms with E-state index in [2.05, 4.69) is 5.32 Å². The number of aromatic carboxylic acids is 1. The van der Waals surface area contributed by atoms with Crippen LogP contribution in [-0.2, 0) is 0 Å². The predicted octanol–water partition coefficient (Wildman–Crippen LogP) is 3.40. The van der Waals surface area contributed by atoms with Crippen molar-refractivity contribution in [1.29, 1.82) is 0 Å². The lowest BCUT2D eigenvalue weighted by Gasteiger charge is -2.18. The zero-order chi connectivity index (χ0) is 14.7. The number of hydrogen-bond acceptors (Lipinski definition) is 3. The van der Waals surface area contributed by atoms with Crippen LogP contribution in [0.1, 0.15) is 28.9 Å². The number of carbonyl (C=O) groups is 1. The summed E-state index contributed by atoms with van der Waals surface area (Å²) in [6, 6.07) is 9.87. The number of para-hydroxylation sites is 1. The van der Waals surface area contributed by atoms with E-state index in [0.717, 1.165) is 6.07 Å². The van der Waals surface area contributed by atoms with E-state index < -0.39 is 17.8 Å². The summed E-state index contributed by atoms with van der Waals surface area (Å²) in [7, 11) is 0. The van der Waals surface area contributed by atoms with Crippen LogP contribution in [0.25, 0.3) is 0 Å². The number of anilines is 1. The Balaban J connectivity index is 2.28. The van der Waals surface area contributed by atoms with Gasteiger partial charge in [-0.15, -0.1) is 0 Å². The van der Waals surface area contributed by atoms with Gasteiger partial charge in [0.25, 0.3) is 0 Å². The van der Waals surface area contributed by atoms with Crippen molar-refractivity contribution >= 4 is 11.7 Å². The first-order chi connectivity index (χ1) is 9.49. The molecule has 0 amide bonds. The van der Waals surface area contributed by atoms with E-state index in [1.807, 2.05) is 0 Å². The summed E-state index contributed by atoms with van der Waals surface area (Å²) in [6.07, 6.45) is 0. The summed E-state index contributed by atoms with van der Waals surface area (Å²) < 4.78 is 13.7. The van der Waals surface area contributed by atoms with Crippen LogP contribution >= 0.6 is 0 Å². The highest BCUT2D eigenvalue weighted by molar-refractivity contribution is 5.94. The van der Waals surface area contributed by atoms with Crippen molar-refractivity contribution in [2.75, 3.05) is 5.32 Å². The highest BCUT2D eigenvalue weighted by Gasteiger charge is 2.15. The fourth-order valence-electron chi connectivity index (χ4n) is 1.97. The minimum Gasteiger partial charge on any atom is -0.508 e. The minimum absolute atomic E-state index is 0.124. The van der Waals surface area contributed by atoms with Crippen molar-refractivity contribution in [1.82, 2.24) is 0 Å². The maximum atomic E-state index is 13.7. The van der Waals surface area contributed by atoms with E-state index in [0.29, 0.717) is 11.3 Å². The lowest BCUT2D eigenvalue weighted by atomic mass is 10.1. The van der Waals surface area contributed by atoms with Crippen molar-refractivity contribution < 1.29 is 19.4 Å². The molecule has 0 aromatic heterocycles. The normalized spacial score (nSPS) is 11.9. The van der Waals surface area contributed by atoms with Crippen LogP contribution in [0.5, 0.6) is 5.75 Å². The van der Waals surface area contributed by atoms with Gasteiger partial charge in [-0.2, -0.15) is 0 Å². The third-order valence-electron chi connectivity index (χ3n) is 2.98. The van der Waals surface area contributed by atoms with Crippen LogP contribution in [0, 0.1) is 5.82 Å². The number of carboxylic acid groups (broad SMARTS) is 1. The van der Waals surface area contributed by atoms with Crippen LogP contribution in [0.4, 0.5) is 10.1 Å². The number of phenols is 1. The number of aromatic hydroxyl groups is 1. The van der Waals surface area contributed by atoms with Crippen LogP contribution < -0.4 is 5.32 Å². The molecule has 0 aliphatic rings. The molecule has 5 heteroatoms. The molecule has 1 unspecified atom stereocenters. The Labute approximate surface area is 115 Å². The van der Waals surface area contributed by atoms with Crippen LogP contribution in [0.3, 0.4) is 0 Å². The molecule has 0 aliphatic carbocycles. The van der Waals surface area contributed by atoms with Gasteiger partial charge in [0.05, 0.1) is 11.6 Å². The summed E-state index contributed by atoms with van der Waals surface area (Å²) in [5.74, 6) is -1.74. The number of benzene rings is 2. The van der Waals surface area contributed by atoms with Crippen molar-refractivity contribution in [2.45, 2.75) is 13.0 Å². The standard InChI is InChI=1S/C15H14FNO3/c1-9(11-7-6-10(18)8-13(11)16)17-14-5-3-2-4-12(14)15(19)20/h2-9,17-18H,1H3,(H,19,20). The van der Waals surface area contributed by atoms with Crippen molar-refractivity contribution in [3.63, 3.8) is 0 Å². The molecule has 3 N–H and O–H groups in total. The second-order valence-electron chi connectivity index (χ2n) is 4.42. The average Bonchev–Trinajstić information content (AvgIpc) is 2.38. The molecule has 20 heavy (non-hydrogen) atoms. The van der Waals surface area contributed by atoms with Crippen LogP contribution in [0.2, 0.25) is 0 Å². The Bertz CT molecular complexity index is 643. The molecule has 1 atom stereocenters. The molecule has 0 radical (unpaired) electrons. The molecule has 2 rings (SSSR count). The molecular weight excluding hydrogens is 261 g/mol. The molecule has 4 nitrogen and oxygen atoms in total. The van der Waals surface area contributed by atoms with Gasteiger partial charge in [-0.25, -0.2) is 9.18 Å². The minimum atomic E-state index is -1.05. The maximum Gasteiger partial charge on any atom is 0.337 e. The second-order valence-corrected chi connectivity index (χ2v) is 4.42. The second kappa shape index (κ2) is 5.61. The zero-order valence-corrected chi connectivity index (χ0v) is 10.8. The van der Waals surface area contributed by atoms with Gasteiger partial charge in [-0.05, 0) is 25.1 Å². The van der Waals surface area contributed by atoms with Gasteiger partial charge < -0.3 is 15.5 Å². The topological polar surface area (TPSA) is 69.6 Å². The highest BCUT2D eigenvalue weighted by atomic mass is 19.1. The largest absolute Gasteiger partial charge is 0.508 e. The van der Waals surface area contributed by atoms with E-state index in [-0.39, 0.29) is 11.3 Å². The molecular formula is C15H14FNO3. The summed E-state index contributed by atoms with van der Waals surface area (Å²) in [6.45, 7) is 1.72. The third kappa shape index (κ3) is 2.88. The molecule has 104 valence electrons. The lowest BCUT2D eigenvalue weighted by molar-refractivity contribution is 0.0698. The summed E-state index contributed by atoms with van der Waals surface area (Å²) in [5.41, 5.74) is 0.890. The number of carboxylic acids is 1. The fourth-order valence-corrected chi connectivity index (χ4v) is 1.97. The fraction of sp³-hybridized carbons (Fsp3) is 0.133. The number of phenolic OH excluding ortho intramolecular Hbond substituents is 1. The molecule has 0 aliphatic heterocycles. The lowest BCUT2D eigenvalue weighted by Crippen LogP contribution is -2.11. The molecule has 0 heterocycles. The molecule has 0 bridgehead atoms. The average molecular weight is 275 g/mol. The Morgan fingerprint density at radius 3 is 2.60 bits per heavy atom. The molecule has 0 spiro atoms. The Kier molecular flexibility index (Phi) is 3.89. The Morgan fingerprint density at radius 2 is 1.95 bits per heavy atom. The van der Waals surface area contributed by atoms with E-state index in [9.17, 15) is 14.3 Å². The molecule has 0 fully saturated rings. The quantitative estimate of drug-likeness (QED) is 0.799. The molecule has 2 aromatic carbocycles. The van der Waals surface area contributed by atoms with Gasteiger partial charge >= 0.3 is 5.97 Å². The maximum absolute atomic E-state index is 13.7. The Morgan fingerprint density at radius 1 is 1.25 bits per heavy atom. The number of hydrogen-bond donors (Lipinski definition) is 3. The molecule has 0 saturated carbocycles. The van der Waals surface area contributed by atoms with Crippen LogP contribution in [0.15, 0.2) is 42.5 Å². The van der Waals surface area contributed by atoms with Crippen LogP contribution in [-0.4, -0.2) is 16.2 Å². The zero-order valence-electron chi connectivity index (χ0n) is 10.8. The van der Waals surface area contributed by atoms with Gasteiger partial charge in [0.1, 0.15) is 11.6 Å². The SMILES string of the molecule is CC(Nc1ccccc1C(=O)O)c1ccc(O)cc1F. The van der Waals surface area contributed by atoms with Crippen molar-refractivity contribution in [3.8, 4) is 5.75 Å². The van der Waals surface area contributed by atoms with E-state index in [4.69, 9.17) is 5.11 Å². The highest BCUT2D eigenvalue weighted by Crippen LogP contribution is 2.26. The Hall–Kier alpha value is -2.56. The first-order valence-electron chi connectivity index (χ1n) is 6.06. The molecule has 2 aromatic rings. The predicted molar refractivity (Wildman–Crippen MR) is 73.5 cm³/mol. The summed E-state index contributed by atoms with van der Waals surface area (Å²) in [5, 5.41) is 21.2. The van der Waals surface area contributed by atoms with E-state index >= 15 is 0 Å². The first kappa shape index (κ1) is 13.9. The van der Waals surface area contributed by atoms with E-state index in [1.54, 1.807) is 25.1 Å². The number of nitrogens with one attached hydrogen (secondary N) is 1. The van der Waals surface area contributed by atoms with Crippen molar-refractivity contribution in [2.24, 2.45) is 0 Å². The monoisotopic (exact) mass is 275 g/mol. The smallest absolute Gasteiger partial charge is 0.337 e. The number of halogens is 1. The first-order valence-corrected chi connectivity index (χ1v) is 6.06. The van der Waals surface area contributed by atoms with Crippen molar-refractivity contribution in [3.05, 3.63) is 59.4 Å². The van der Waals surface area contributed by atoms with Gasteiger partial charge in [-0.3, -0.25) is 0 Å². The van der Waals surface area contributed by atoms with Gasteiger partial charge in [0.2, 0.25) is 0 Å². The van der Waals surface area contributed by atoms with Gasteiger partial charge in [-0.1, -0.05) is 18.2 Å². The number of rotatable bonds is 4. The summed E-state index contributed by atoms with van der Waals surface area (Å²) >= 11 is 0. The van der Waals surface area contributed by atoms with Gasteiger partial charge in [0.15, 0.2) is 0 Å². The molecule has 0 saturated heterocycles. The van der Waals surface area contributed by atoms with Gasteiger partial charge in [0, 0.05) is 17.3 Å². The third-order valence-corrected chi connectivity index (χ3v) is 2.98. The van der Waals surface area contributed by atoms with E-state index in [1.165, 1.54) is 18.2 Å².